The van der Waals surface area contributed by atoms with Gasteiger partial charge in [0.1, 0.15) is 12.4 Å². The molecule has 0 saturated carbocycles. The fraction of sp³-hybridized carbons (Fsp3) is 0.571. The maximum atomic E-state index is 12.9. The number of alkyl halides is 3. The van der Waals surface area contributed by atoms with Crippen molar-refractivity contribution >= 4 is 0 Å². The lowest BCUT2D eigenvalue weighted by Crippen LogP contribution is -2.35. The van der Waals surface area contributed by atoms with Crippen LogP contribution in [0.15, 0.2) is 24.3 Å². The van der Waals surface area contributed by atoms with Crippen LogP contribution in [0.3, 0.4) is 0 Å². The number of ether oxygens (including phenoxy) is 1. The number of hydrogen-bond acceptors (Lipinski definition) is 3. The quantitative estimate of drug-likeness (QED) is 0.573. The first-order chi connectivity index (χ1) is 9.83. The summed E-state index contributed by atoms with van der Waals surface area (Å²) in [7, 11) is 0. The van der Waals surface area contributed by atoms with Gasteiger partial charge in [0, 0.05) is 12.0 Å². The van der Waals surface area contributed by atoms with Crippen LogP contribution in [0.5, 0.6) is 0 Å². The van der Waals surface area contributed by atoms with Crippen molar-refractivity contribution in [2.75, 3.05) is 26.4 Å². The van der Waals surface area contributed by atoms with E-state index in [9.17, 15) is 27.8 Å². The topological polar surface area (TPSA) is 49.7 Å². The van der Waals surface area contributed by atoms with Crippen molar-refractivity contribution in [2.24, 2.45) is 0 Å². The molecule has 0 aliphatic rings. The SMILES string of the molecule is OCC(CO)(CCCOCC(F)(F)F)c1ccc(F)cc1. The Hall–Kier alpha value is -1.18. The molecule has 0 amide bonds. The van der Waals surface area contributed by atoms with E-state index >= 15 is 0 Å². The number of halogens is 4. The number of aliphatic hydroxyl groups is 2. The summed E-state index contributed by atoms with van der Waals surface area (Å²) in [6.07, 6.45) is -3.92. The van der Waals surface area contributed by atoms with E-state index in [1.807, 2.05) is 0 Å². The van der Waals surface area contributed by atoms with Crippen molar-refractivity contribution in [2.45, 2.75) is 24.4 Å². The summed E-state index contributed by atoms with van der Waals surface area (Å²) in [5, 5.41) is 19.0. The molecule has 7 heteroatoms. The third-order valence-corrected chi connectivity index (χ3v) is 3.27. The van der Waals surface area contributed by atoms with Gasteiger partial charge in [0.15, 0.2) is 0 Å². The molecule has 0 heterocycles. The van der Waals surface area contributed by atoms with Crippen molar-refractivity contribution in [3.8, 4) is 0 Å². The molecule has 1 aromatic carbocycles. The molecule has 0 aliphatic heterocycles. The first-order valence-electron chi connectivity index (χ1n) is 6.45. The molecule has 3 nitrogen and oxygen atoms in total. The van der Waals surface area contributed by atoms with Crippen molar-refractivity contribution < 1.29 is 32.5 Å². The zero-order chi connectivity index (χ0) is 15.9. The Kier molecular flexibility index (Phi) is 6.57. The molecule has 0 unspecified atom stereocenters. The lowest BCUT2D eigenvalue weighted by atomic mass is 9.78. The number of rotatable bonds is 8. The summed E-state index contributed by atoms with van der Waals surface area (Å²) in [5.41, 5.74) is -0.486. The summed E-state index contributed by atoms with van der Waals surface area (Å²) in [4.78, 5) is 0. The summed E-state index contributed by atoms with van der Waals surface area (Å²) in [6.45, 7) is -2.25. The maximum absolute atomic E-state index is 12.9. The maximum Gasteiger partial charge on any atom is 0.411 e. The van der Waals surface area contributed by atoms with Gasteiger partial charge in [-0.05, 0) is 30.5 Å². The first-order valence-corrected chi connectivity index (χ1v) is 6.45. The second-order valence-corrected chi connectivity index (χ2v) is 4.87. The van der Waals surface area contributed by atoms with Gasteiger partial charge in [-0.1, -0.05) is 12.1 Å². The molecular formula is C14H18F4O3. The summed E-state index contributed by atoms with van der Waals surface area (Å²) < 4.78 is 53.1. The average Bonchev–Trinajstić information content (AvgIpc) is 2.43. The van der Waals surface area contributed by atoms with E-state index in [4.69, 9.17) is 0 Å². The molecule has 0 aromatic heterocycles. The molecule has 2 N–H and O–H groups in total. The highest BCUT2D eigenvalue weighted by Crippen LogP contribution is 2.29. The van der Waals surface area contributed by atoms with Crippen molar-refractivity contribution in [3.63, 3.8) is 0 Å². The van der Waals surface area contributed by atoms with Crippen LogP contribution in [0.4, 0.5) is 17.6 Å². The van der Waals surface area contributed by atoms with E-state index in [1.54, 1.807) is 0 Å². The van der Waals surface area contributed by atoms with Gasteiger partial charge >= 0.3 is 6.18 Å². The van der Waals surface area contributed by atoms with E-state index in [-0.39, 0.29) is 19.4 Å². The van der Waals surface area contributed by atoms with Crippen LogP contribution in [0.1, 0.15) is 18.4 Å². The molecule has 0 aliphatic carbocycles. The molecule has 1 aromatic rings. The number of hydrogen-bond donors (Lipinski definition) is 2. The smallest absolute Gasteiger partial charge is 0.395 e. The van der Waals surface area contributed by atoms with Crippen molar-refractivity contribution in [3.05, 3.63) is 35.6 Å². The Bertz CT molecular complexity index is 413. The predicted molar refractivity (Wildman–Crippen MR) is 68.4 cm³/mol. The van der Waals surface area contributed by atoms with Crippen LogP contribution in [0.25, 0.3) is 0 Å². The molecule has 0 fully saturated rings. The molecule has 1 rings (SSSR count). The fourth-order valence-electron chi connectivity index (χ4n) is 2.04. The van der Waals surface area contributed by atoms with Gasteiger partial charge in [-0.2, -0.15) is 13.2 Å². The molecular weight excluding hydrogens is 292 g/mol. The molecule has 0 bridgehead atoms. The molecule has 21 heavy (non-hydrogen) atoms. The van der Waals surface area contributed by atoms with Gasteiger partial charge in [-0.25, -0.2) is 4.39 Å². The highest BCUT2D eigenvalue weighted by Gasteiger charge is 2.31. The van der Waals surface area contributed by atoms with Gasteiger partial charge in [0.2, 0.25) is 0 Å². The minimum Gasteiger partial charge on any atom is -0.395 e. The lowest BCUT2D eigenvalue weighted by Gasteiger charge is -2.30. The van der Waals surface area contributed by atoms with Crippen LogP contribution in [-0.4, -0.2) is 42.8 Å². The Labute approximate surface area is 120 Å². The lowest BCUT2D eigenvalue weighted by molar-refractivity contribution is -0.174. The van der Waals surface area contributed by atoms with Crippen LogP contribution >= 0.6 is 0 Å². The Morgan fingerprint density at radius 1 is 1.00 bits per heavy atom. The van der Waals surface area contributed by atoms with Crippen molar-refractivity contribution in [1.29, 1.82) is 0 Å². The van der Waals surface area contributed by atoms with Gasteiger partial charge in [0.05, 0.1) is 13.2 Å². The van der Waals surface area contributed by atoms with E-state index in [0.29, 0.717) is 5.56 Å². The Morgan fingerprint density at radius 2 is 1.57 bits per heavy atom. The zero-order valence-electron chi connectivity index (χ0n) is 11.4. The second kappa shape index (κ2) is 7.72. The summed E-state index contributed by atoms with van der Waals surface area (Å²) in [6, 6.07) is 5.29. The standard InChI is InChI=1S/C14H18F4O3/c15-12-4-2-11(3-5-12)13(8-19,9-20)6-1-7-21-10-14(16,17)18/h2-5,19-20H,1,6-10H2. The minimum atomic E-state index is -4.37. The number of aliphatic hydroxyl groups excluding tert-OH is 2. The largest absolute Gasteiger partial charge is 0.411 e. The Morgan fingerprint density at radius 3 is 2.05 bits per heavy atom. The molecule has 0 atom stereocenters. The molecule has 0 radical (unpaired) electrons. The molecule has 0 saturated heterocycles. The normalized spacial score (nSPS) is 12.7. The first kappa shape index (κ1) is 17.9. The predicted octanol–water partition coefficient (Wildman–Crippen LogP) is 2.41. The average molecular weight is 310 g/mol. The van der Waals surface area contributed by atoms with Crippen LogP contribution in [0, 0.1) is 5.82 Å². The van der Waals surface area contributed by atoms with E-state index in [1.165, 1.54) is 24.3 Å². The van der Waals surface area contributed by atoms with Gasteiger partial charge in [0.25, 0.3) is 0 Å². The monoisotopic (exact) mass is 310 g/mol. The summed E-state index contributed by atoms with van der Waals surface area (Å²) in [5.74, 6) is -0.447. The van der Waals surface area contributed by atoms with Gasteiger partial charge in [-0.3, -0.25) is 0 Å². The molecule has 0 spiro atoms. The van der Waals surface area contributed by atoms with E-state index in [0.717, 1.165) is 0 Å². The number of benzene rings is 1. The van der Waals surface area contributed by atoms with Crippen LogP contribution < -0.4 is 0 Å². The zero-order valence-corrected chi connectivity index (χ0v) is 11.4. The van der Waals surface area contributed by atoms with Gasteiger partial charge in [-0.15, -0.1) is 0 Å². The van der Waals surface area contributed by atoms with E-state index in [2.05, 4.69) is 4.74 Å². The molecule has 120 valence electrons. The minimum absolute atomic E-state index is 0.136. The summed E-state index contributed by atoms with van der Waals surface area (Å²) >= 11 is 0. The Balaban J connectivity index is 2.59. The van der Waals surface area contributed by atoms with E-state index < -0.39 is 37.2 Å². The highest BCUT2D eigenvalue weighted by molar-refractivity contribution is 5.26. The van der Waals surface area contributed by atoms with Gasteiger partial charge < -0.3 is 14.9 Å². The van der Waals surface area contributed by atoms with Crippen LogP contribution in [-0.2, 0) is 10.2 Å². The second-order valence-electron chi connectivity index (χ2n) is 4.87. The highest BCUT2D eigenvalue weighted by atomic mass is 19.4. The fourth-order valence-corrected chi connectivity index (χ4v) is 2.04. The van der Waals surface area contributed by atoms with Crippen LogP contribution in [0.2, 0.25) is 0 Å². The van der Waals surface area contributed by atoms with Crippen molar-refractivity contribution in [1.82, 2.24) is 0 Å². The third-order valence-electron chi connectivity index (χ3n) is 3.27. The third kappa shape index (κ3) is 5.61.